The number of nitrogens with one attached hydrogen (secondary N) is 1. The van der Waals surface area contributed by atoms with Crippen molar-refractivity contribution in [2.24, 2.45) is 5.92 Å². The van der Waals surface area contributed by atoms with Crippen LogP contribution in [0.1, 0.15) is 6.42 Å². The molecule has 1 atom stereocenters. The topological polar surface area (TPSA) is 75.7 Å². The quantitative estimate of drug-likeness (QED) is 0.887. The molecule has 1 N–H and O–H groups in total. The summed E-state index contributed by atoms with van der Waals surface area (Å²) in [5, 5.41) is 3.38. The molecule has 0 aromatic heterocycles. The van der Waals surface area contributed by atoms with Gasteiger partial charge in [0.2, 0.25) is 5.91 Å². The molecule has 2 heterocycles. The third-order valence-electron chi connectivity index (χ3n) is 4.17. The first-order chi connectivity index (χ1) is 10.9. The number of morpholine rings is 1. The Hall–Kier alpha value is -1.31. The Morgan fingerprint density at radius 1 is 1.30 bits per heavy atom. The van der Waals surface area contributed by atoms with Crippen LogP contribution in [0.3, 0.4) is 0 Å². The maximum Gasteiger partial charge on any atom is 0.228 e. The molecule has 1 aromatic rings. The molecule has 2 aliphatic heterocycles. The number of anilines is 2. The van der Waals surface area contributed by atoms with Crippen molar-refractivity contribution < 1.29 is 17.9 Å². The van der Waals surface area contributed by atoms with E-state index >= 15 is 0 Å². The van der Waals surface area contributed by atoms with Crippen LogP contribution in [-0.4, -0.2) is 52.1 Å². The maximum absolute atomic E-state index is 12.4. The molecule has 0 radical (unpaired) electrons. The standard InChI is InChI=1S/C15H19ClN2O4S/c16-12-1-2-14(18-4-6-22-7-5-18)13(9-12)17-15(19)11-3-8-23(20,21)10-11/h1-2,9,11H,3-8,10H2,(H,17,19). The van der Waals surface area contributed by atoms with Crippen molar-refractivity contribution in [2.45, 2.75) is 6.42 Å². The third kappa shape index (κ3) is 3.97. The zero-order chi connectivity index (χ0) is 16.4. The van der Waals surface area contributed by atoms with Gasteiger partial charge in [0, 0.05) is 18.1 Å². The fraction of sp³-hybridized carbons (Fsp3) is 0.533. The van der Waals surface area contributed by atoms with Gasteiger partial charge in [-0.05, 0) is 24.6 Å². The Morgan fingerprint density at radius 2 is 2.04 bits per heavy atom. The summed E-state index contributed by atoms with van der Waals surface area (Å²) in [5.41, 5.74) is 1.50. The highest BCUT2D eigenvalue weighted by Crippen LogP contribution is 2.31. The smallest absolute Gasteiger partial charge is 0.228 e. The van der Waals surface area contributed by atoms with Gasteiger partial charge in [0.15, 0.2) is 9.84 Å². The van der Waals surface area contributed by atoms with Gasteiger partial charge in [-0.2, -0.15) is 0 Å². The number of hydrogen-bond acceptors (Lipinski definition) is 5. The molecular weight excluding hydrogens is 340 g/mol. The van der Waals surface area contributed by atoms with Crippen LogP contribution in [0.25, 0.3) is 0 Å². The molecule has 2 saturated heterocycles. The summed E-state index contributed by atoms with van der Waals surface area (Å²) in [6.45, 7) is 2.75. The normalized spacial score (nSPS) is 23.7. The van der Waals surface area contributed by atoms with Gasteiger partial charge in [0.05, 0.1) is 42.0 Å². The van der Waals surface area contributed by atoms with Crippen LogP contribution in [0.2, 0.25) is 5.02 Å². The van der Waals surface area contributed by atoms with Crippen molar-refractivity contribution in [2.75, 3.05) is 48.0 Å². The lowest BCUT2D eigenvalue weighted by Crippen LogP contribution is -2.37. The predicted molar refractivity (Wildman–Crippen MR) is 89.9 cm³/mol. The van der Waals surface area contributed by atoms with Gasteiger partial charge in [-0.15, -0.1) is 0 Å². The fourth-order valence-electron chi connectivity index (χ4n) is 2.92. The number of sulfone groups is 1. The van der Waals surface area contributed by atoms with Crippen molar-refractivity contribution in [1.29, 1.82) is 0 Å². The number of carbonyl (C=O) groups is 1. The molecule has 2 fully saturated rings. The molecule has 1 aromatic carbocycles. The minimum absolute atomic E-state index is 0.0771. The Morgan fingerprint density at radius 3 is 2.70 bits per heavy atom. The van der Waals surface area contributed by atoms with E-state index in [9.17, 15) is 13.2 Å². The van der Waals surface area contributed by atoms with Gasteiger partial charge >= 0.3 is 0 Å². The van der Waals surface area contributed by atoms with Gasteiger partial charge in [-0.1, -0.05) is 11.6 Å². The zero-order valence-electron chi connectivity index (χ0n) is 12.6. The van der Waals surface area contributed by atoms with E-state index in [2.05, 4.69) is 10.2 Å². The Bertz CT molecular complexity index is 701. The molecule has 6 nitrogen and oxygen atoms in total. The minimum atomic E-state index is -3.09. The fourth-order valence-corrected chi connectivity index (χ4v) is 4.84. The van der Waals surface area contributed by atoms with Gasteiger partial charge in [0.1, 0.15) is 0 Å². The van der Waals surface area contributed by atoms with Crippen molar-refractivity contribution in [3.05, 3.63) is 23.2 Å². The van der Waals surface area contributed by atoms with Crippen LogP contribution in [-0.2, 0) is 19.4 Å². The number of amides is 1. The second-order valence-corrected chi connectivity index (χ2v) is 8.52. The molecule has 0 saturated carbocycles. The molecule has 1 unspecified atom stereocenters. The highest BCUT2D eigenvalue weighted by Gasteiger charge is 2.33. The molecule has 0 bridgehead atoms. The summed E-state index contributed by atoms with van der Waals surface area (Å²) in [6.07, 6.45) is 0.377. The third-order valence-corrected chi connectivity index (χ3v) is 6.17. The predicted octanol–water partition coefficient (Wildman–Crippen LogP) is 1.55. The van der Waals surface area contributed by atoms with Crippen LogP contribution in [0.15, 0.2) is 18.2 Å². The van der Waals surface area contributed by atoms with E-state index in [0.29, 0.717) is 30.3 Å². The van der Waals surface area contributed by atoms with E-state index < -0.39 is 15.8 Å². The zero-order valence-corrected chi connectivity index (χ0v) is 14.2. The molecule has 126 valence electrons. The Labute approximate surface area is 140 Å². The van der Waals surface area contributed by atoms with Crippen LogP contribution < -0.4 is 10.2 Å². The number of nitrogens with zero attached hydrogens (tertiary/aromatic N) is 1. The van der Waals surface area contributed by atoms with Crippen LogP contribution in [0, 0.1) is 5.92 Å². The van der Waals surface area contributed by atoms with E-state index in [-0.39, 0.29) is 17.4 Å². The highest BCUT2D eigenvalue weighted by atomic mass is 35.5. The first kappa shape index (κ1) is 16.5. The van der Waals surface area contributed by atoms with Crippen molar-refractivity contribution >= 4 is 38.7 Å². The van der Waals surface area contributed by atoms with Crippen molar-refractivity contribution in [1.82, 2.24) is 0 Å². The molecule has 8 heteroatoms. The summed E-state index contributed by atoms with van der Waals surface area (Å²) >= 11 is 6.05. The lowest BCUT2D eigenvalue weighted by Gasteiger charge is -2.30. The Balaban J connectivity index is 1.78. The molecule has 3 rings (SSSR count). The number of benzene rings is 1. The van der Waals surface area contributed by atoms with E-state index in [1.54, 1.807) is 12.1 Å². The van der Waals surface area contributed by atoms with Gasteiger partial charge in [-0.25, -0.2) is 8.42 Å². The number of carbonyl (C=O) groups excluding carboxylic acids is 1. The highest BCUT2D eigenvalue weighted by molar-refractivity contribution is 7.91. The lowest BCUT2D eigenvalue weighted by molar-refractivity contribution is -0.119. The molecule has 0 aliphatic carbocycles. The summed E-state index contributed by atoms with van der Waals surface area (Å²) in [6, 6.07) is 5.35. The minimum Gasteiger partial charge on any atom is -0.378 e. The van der Waals surface area contributed by atoms with E-state index in [4.69, 9.17) is 16.3 Å². The molecule has 2 aliphatic rings. The van der Waals surface area contributed by atoms with E-state index in [1.165, 1.54) is 0 Å². The summed E-state index contributed by atoms with van der Waals surface area (Å²) in [4.78, 5) is 14.5. The average Bonchev–Trinajstić information content (AvgIpc) is 2.89. The van der Waals surface area contributed by atoms with Crippen molar-refractivity contribution in [3.63, 3.8) is 0 Å². The number of rotatable bonds is 3. The van der Waals surface area contributed by atoms with Crippen LogP contribution >= 0.6 is 11.6 Å². The number of hydrogen-bond donors (Lipinski definition) is 1. The largest absolute Gasteiger partial charge is 0.378 e. The molecule has 0 spiro atoms. The van der Waals surface area contributed by atoms with Crippen LogP contribution in [0.5, 0.6) is 0 Å². The van der Waals surface area contributed by atoms with Gasteiger partial charge < -0.3 is 15.0 Å². The number of ether oxygens (including phenoxy) is 1. The van der Waals surface area contributed by atoms with Crippen LogP contribution in [0.4, 0.5) is 11.4 Å². The van der Waals surface area contributed by atoms with E-state index in [1.807, 2.05) is 6.07 Å². The van der Waals surface area contributed by atoms with Gasteiger partial charge in [0.25, 0.3) is 0 Å². The monoisotopic (exact) mass is 358 g/mol. The van der Waals surface area contributed by atoms with E-state index in [0.717, 1.165) is 18.8 Å². The first-order valence-electron chi connectivity index (χ1n) is 7.58. The summed E-state index contributed by atoms with van der Waals surface area (Å²) in [7, 11) is -3.09. The Kier molecular flexibility index (Phi) is 4.79. The lowest BCUT2D eigenvalue weighted by atomic mass is 10.1. The number of halogens is 1. The summed E-state index contributed by atoms with van der Waals surface area (Å²) in [5.74, 6) is -0.747. The SMILES string of the molecule is O=C(Nc1cc(Cl)ccc1N1CCOCC1)C1CCS(=O)(=O)C1. The first-order valence-corrected chi connectivity index (χ1v) is 9.78. The van der Waals surface area contributed by atoms with Gasteiger partial charge in [-0.3, -0.25) is 4.79 Å². The van der Waals surface area contributed by atoms with Crippen molar-refractivity contribution in [3.8, 4) is 0 Å². The maximum atomic E-state index is 12.4. The second-order valence-electron chi connectivity index (χ2n) is 5.85. The average molecular weight is 359 g/mol. The summed E-state index contributed by atoms with van der Waals surface area (Å²) < 4.78 is 28.4. The molecular formula is C15H19ClN2O4S. The molecule has 1 amide bonds. The second kappa shape index (κ2) is 6.67. The molecule has 23 heavy (non-hydrogen) atoms.